The van der Waals surface area contributed by atoms with Crippen molar-refractivity contribution < 1.29 is 4.79 Å². The van der Waals surface area contributed by atoms with Crippen LogP contribution in [0.15, 0.2) is 53.4 Å². The lowest BCUT2D eigenvalue weighted by molar-refractivity contribution is 0.0948. The SMILES string of the molecule is CCN(CC)c1ccc(CNC(=O)c2ccccc2SC)cc1. The highest BCUT2D eigenvalue weighted by Crippen LogP contribution is 2.20. The van der Waals surface area contributed by atoms with Gasteiger partial charge in [0.05, 0.1) is 5.56 Å². The number of carbonyl (C=O) groups excluding carboxylic acids is 1. The van der Waals surface area contributed by atoms with Crippen LogP contribution in [0.1, 0.15) is 29.8 Å². The maximum absolute atomic E-state index is 12.3. The van der Waals surface area contributed by atoms with E-state index < -0.39 is 0 Å². The molecule has 0 aromatic heterocycles. The van der Waals surface area contributed by atoms with Crippen LogP contribution in [-0.2, 0) is 6.54 Å². The predicted molar refractivity (Wildman–Crippen MR) is 99.4 cm³/mol. The minimum Gasteiger partial charge on any atom is -0.372 e. The third-order valence-corrected chi connectivity index (χ3v) is 4.67. The van der Waals surface area contributed by atoms with Crippen LogP contribution in [-0.4, -0.2) is 25.3 Å². The zero-order valence-electron chi connectivity index (χ0n) is 14.0. The third kappa shape index (κ3) is 4.52. The summed E-state index contributed by atoms with van der Waals surface area (Å²) in [4.78, 5) is 15.6. The Hall–Kier alpha value is -1.94. The normalized spacial score (nSPS) is 10.4. The molecule has 0 spiro atoms. The van der Waals surface area contributed by atoms with E-state index in [1.54, 1.807) is 11.8 Å². The highest BCUT2D eigenvalue weighted by atomic mass is 32.2. The number of carbonyl (C=O) groups is 1. The third-order valence-electron chi connectivity index (χ3n) is 3.87. The summed E-state index contributed by atoms with van der Waals surface area (Å²) in [5.41, 5.74) is 3.06. The molecule has 0 fully saturated rings. The van der Waals surface area contributed by atoms with Crippen LogP contribution < -0.4 is 10.2 Å². The lowest BCUT2D eigenvalue weighted by Crippen LogP contribution is -2.24. The number of nitrogens with zero attached hydrogens (tertiary/aromatic N) is 1. The van der Waals surface area contributed by atoms with Crippen LogP contribution >= 0.6 is 11.8 Å². The Morgan fingerprint density at radius 3 is 2.30 bits per heavy atom. The molecule has 0 heterocycles. The quantitative estimate of drug-likeness (QED) is 0.774. The molecule has 0 aliphatic rings. The van der Waals surface area contributed by atoms with E-state index in [1.807, 2.05) is 30.5 Å². The van der Waals surface area contributed by atoms with Crippen molar-refractivity contribution in [3.05, 3.63) is 59.7 Å². The van der Waals surface area contributed by atoms with Crippen LogP contribution in [0.3, 0.4) is 0 Å². The first-order valence-corrected chi connectivity index (χ1v) is 9.17. The Morgan fingerprint density at radius 2 is 1.70 bits per heavy atom. The van der Waals surface area contributed by atoms with Crippen molar-refractivity contribution in [2.24, 2.45) is 0 Å². The van der Waals surface area contributed by atoms with Gasteiger partial charge in [0, 0.05) is 30.2 Å². The van der Waals surface area contributed by atoms with E-state index in [4.69, 9.17) is 0 Å². The van der Waals surface area contributed by atoms with E-state index in [1.165, 1.54) is 5.69 Å². The molecule has 0 aliphatic heterocycles. The van der Waals surface area contributed by atoms with E-state index in [2.05, 4.69) is 48.3 Å². The molecule has 4 heteroatoms. The second kappa shape index (κ2) is 8.63. The predicted octanol–water partition coefficient (Wildman–Crippen LogP) is 4.18. The number of anilines is 1. The van der Waals surface area contributed by atoms with E-state index in [0.717, 1.165) is 29.1 Å². The Labute approximate surface area is 143 Å². The van der Waals surface area contributed by atoms with Gasteiger partial charge in [-0.05, 0) is 49.9 Å². The van der Waals surface area contributed by atoms with Gasteiger partial charge in [-0.25, -0.2) is 0 Å². The largest absolute Gasteiger partial charge is 0.372 e. The Morgan fingerprint density at radius 1 is 1.04 bits per heavy atom. The van der Waals surface area contributed by atoms with Crippen LogP contribution in [0.2, 0.25) is 0 Å². The molecular weight excluding hydrogens is 304 g/mol. The van der Waals surface area contributed by atoms with Gasteiger partial charge in [0.1, 0.15) is 0 Å². The highest BCUT2D eigenvalue weighted by Gasteiger charge is 2.10. The number of amides is 1. The van der Waals surface area contributed by atoms with Crippen molar-refractivity contribution in [3.63, 3.8) is 0 Å². The molecule has 0 saturated carbocycles. The number of hydrogen-bond acceptors (Lipinski definition) is 3. The van der Waals surface area contributed by atoms with Gasteiger partial charge in [-0.15, -0.1) is 11.8 Å². The fraction of sp³-hybridized carbons (Fsp3) is 0.316. The van der Waals surface area contributed by atoms with E-state index in [-0.39, 0.29) is 5.91 Å². The molecule has 1 amide bonds. The molecule has 0 saturated heterocycles. The number of nitrogens with one attached hydrogen (secondary N) is 1. The number of rotatable bonds is 7. The smallest absolute Gasteiger partial charge is 0.252 e. The van der Waals surface area contributed by atoms with Crippen LogP contribution in [0.25, 0.3) is 0 Å². The second-order valence-electron chi connectivity index (χ2n) is 5.22. The summed E-state index contributed by atoms with van der Waals surface area (Å²) in [6, 6.07) is 16.1. The topological polar surface area (TPSA) is 32.3 Å². The number of thioether (sulfide) groups is 1. The maximum Gasteiger partial charge on any atom is 0.252 e. The Bertz CT molecular complexity index is 636. The van der Waals surface area contributed by atoms with Crippen molar-refractivity contribution in [1.82, 2.24) is 5.32 Å². The van der Waals surface area contributed by atoms with Crippen molar-refractivity contribution in [3.8, 4) is 0 Å². The second-order valence-corrected chi connectivity index (χ2v) is 6.07. The maximum atomic E-state index is 12.3. The average molecular weight is 328 g/mol. The molecule has 0 aliphatic carbocycles. The first-order valence-electron chi connectivity index (χ1n) is 7.94. The molecular formula is C19H24N2OS. The molecule has 0 unspecified atom stereocenters. The molecule has 3 nitrogen and oxygen atoms in total. The molecule has 2 rings (SSSR count). The van der Waals surface area contributed by atoms with Crippen LogP contribution in [0.5, 0.6) is 0 Å². The molecule has 0 radical (unpaired) electrons. The summed E-state index contributed by atoms with van der Waals surface area (Å²) in [5, 5.41) is 3.00. The molecule has 1 N–H and O–H groups in total. The molecule has 0 atom stereocenters. The highest BCUT2D eigenvalue weighted by molar-refractivity contribution is 7.98. The molecule has 122 valence electrons. The van der Waals surface area contributed by atoms with Gasteiger partial charge in [0.25, 0.3) is 5.91 Å². The van der Waals surface area contributed by atoms with E-state index >= 15 is 0 Å². The van der Waals surface area contributed by atoms with E-state index in [0.29, 0.717) is 6.54 Å². The zero-order chi connectivity index (χ0) is 16.7. The summed E-state index contributed by atoms with van der Waals surface area (Å²) in [6.07, 6.45) is 1.98. The van der Waals surface area contributed by atoms with Crippen molar-refractivity contribution in [2.75, 3.05) is 24.2 Å². The van der Waals surface area contributed by atoms with Gasteiger partial charge in [0.2, 0.25) is 0 Å². The average Bonchev–Trinajstić information content (AvgIpc) is 2.61. The standard InChI is InChI=1S/C19H24N2OS/c1-4-21(5-2)16-12-10-15(11-13-16)14-20-19(22)17-8-6-7-9-18(17)23-3/h6-13H,4-5,14H2,1-3H3,(H,20,22). The van der Waals surface area contributed by atoms with Gasteiger partial charge >= 0.3 is 0 Å². The van der Waals surface area contributed by atoms with E-state index in [9.17, 15) is 4.79 Å². The number of hydrogen-bond donors (Lipinski definition) is 1. The molecule has 2 aromatic carbocycles. The fourth-order valence-electron chi connectivity index (χ4n) is 2.52. The van der Waals surface area contributed by atoms with Crippen LogP contribution in [0, 0.1) is 0 Å². The van der Waals surface area contributed by atoms with Crippen molar-refractivity contribution in [1.29, 1.82) is 0 Å². The summed E-state index contributed by atoms with van der Waals surface area (Å²) in [5.74, 6) is -0.0252. The summed E-state index contributed by atoms with van der Waals surface area (Å²) in [6.45, 7) is 6.85. The minimum atomic E-state index is -0.0252. The van der Waals surface area contributed by atoms with Gasteiger partial charge in [-0.1, -0.05) is 24.3 Å². The van der Waals surface area contributed by atoms with Crippen LogP contribution in [0.4, 0.5) is 5.69 Å². The monoisotopic (exact) mass is 328 g/mol. The first kappa shape index (κ1) is 17.4. The molecule has 23 heavy (non-hydrogen) atoms. The first-order chi connectivity index (χ1) is 11.2. The summed E-state index contributed by atoms with van der Waals surface area (Å²) < 4.78 is 0. The summed E-state index contributed by atoms with van der Waals surface area (Å²) in [7, 11) is 0. The van der Waals surface area contributed by atoms with Crippen molar-refractivity contribution in [2.45, 2.75) is 25.3 Å². The zero-order valence-corrected chi connectivity index (χ0v) is 14.8. The Balaban J connectivity index is 1.99. The minimum absolute atomic E-state index is 0.0252. The van der Waals surface area contributed by atoms with Gasteiger partial charge < -0.3 is 10.2 Å². The summed E-state index contributed by atoms with van der Waals surface area (Å²) >= 11 is 1.59. The van der Waals surface area contributed by atoms with Gasteiger partial charge in [-0.2, -0.15) is 0 Å². The lowest BCUT2D eigenvalue weighted by Gasteiger charge is -2.21. The Kier molecular flexibility index (Phi) is 6.53. The number of benzene rings is 2. The lowest BCUT2D eigenvalue weighted by atomic mass is 10.1. The molecule has 2 aromatic rings. The fourth-order valence-corrected chi connectivity index (χ4v) is 3.12. The van der Waals surface area contributed by atoms with Gasteiger partial charge in [0.15, 0.2) is 0 Å². The molecule has 0 bridgehead atoms. The van der Waals surface area contributed by atoms with Gasteiger partial charge in [-0.3, -0.25) is 4.79 Å². The van der Waals surface area contributed by atoms with Crippen molar-refractivity contribution >= 4 is 23.4 Å².